The summed E-state index contributed by atoms with van der Waals surface area (Å²) in [5.74, 6) is 0. The first-order chi connectivity index (χ1) is 8.78. The van der Waals surface area contributed by atoms with Crippen LogP contribution in [0, 0.1) is 0 Å². The summed E-state index contributed by atoms with van der Waals surface area (Å²) >= 11 is 0. The molecule has 1 fully saturated rings. The van der Waals surface area contributed by atoms with Crippen molar-refractivity contribution in [3.63, 3.8) is 0 Å². The van der Waals surface area contributed by atoms with Gasteiger partial charge in [0.1, 0.15) is 6.10 Å². The maximum atomic E-state index is 9.17. The third-order valence-corrected chi connectivity index (χ3v) is 3.60. The van der Waals surface area contributed by atoms with Crippen molar-refractivity contribution < 1.29 is 9.94 Å². The van der Waals surface area contributed by atoms with Crippen LogP contribution in [0.25, 0.3) is 10.8 Å². The fourth-order valence-electron chi connectivity index (χ4n) is 2.62. The Bertz CT molecular complexity index is 555. The monoisotopic (exact) mass is 243 g/mol. The Labute approximate surface area is 107 Å². The fraction of sp³-hybridized carbons (Fsp3) is 0.333. The van der Waals surface area contributed by atoms with E-state index in [1.54, 1.807) is 0 Å². The molecule has 0 aromatic heterocycles. The summed E-state index contributed by atoms with van der Waals surface area (Å²) in [6.07, 6.45) is 0.761. The van der Waals surface area contributed by atoms with Gasteiger partial charge >= 0.3 is 0 Å². The molecule has 0 unspecified atom stereocenters. The van der Waals surface area contributed by atoms with Crippen molar-refractivity contribution in [2.75, 3.05) is 13.7 Å². The van der Waals surface area contributed by atoms with E-state index >= 15 is 0 Å². The van der Waals surface area contributed by atoms with Gasteiger partial charge in [-0.05, 0) is 28.8 Å². The Morgan fingerprint density at radius 3 is 2.72 bits per heavy atom. The molecular formula is C15H17NO2. The summed E-state index contributed by atoms with van der Waals surface area (Å²) in [4.78, 5) is 5.57. The molecule has 1 aliphatic heterocycles. The minimum absolute atomic E-state index is 0.0773. The third-order valence-electron chi connectivity index (χ3n) is 3.60. The van der Waals surface area contributed by atoms with Crippen molar-refractivity contribution in [3.8, 4) is 0 Å². The smallest absolute Gasteiger partial charge is 0.104 e. The summed E-state index contributed by atoms with van der Waals surface area (Å²) in [6.45, 7) is 0.0778. The predicted octanol–water partition coefficient (Wildman–Crippen LogP) is 2.51. The van der Waals surface area contributed by atoms with Gasteiger partial charge in [-0.1, -0.05) is 36.4 Å². The van der Waals surface area contributed by atoms with Crippen LogP contribution in [0.1, 0.15) is 18.0 Å². The van der Waals surface area contributed by atoms with Crippen molar-refractivity contribution in [1.82, 2.24) is 5.06 Å². The normalized spacial score (nSPS) is 24.8. The number of aliphatic hydroxyl groups is 1. The zero-order chi connectivity index (χ0) is 12.5. The molecule has 1 N–H and O–H groups in total. The van der Waals surface area contributed by atoms with Gasteiger partial charge < -0.3 is 5.11 Å². The van der Waals surface area contributed by atoms with E-state index in [2.05, 4.69) is 42.5 Å². The van der Waals surface area contributed by atoms with E-state index in [0.29, 0.717) is 0 Å². The zero-order valence-electron chi connectivity index (χ0n) is 10.4. The highest BCUT2D eigenvalue weighted by atomic mass is 16.7. The van der Waals surface area contributed by atoms with Crippen LogP contribution in [0.3, 0.4) is 0 Å². The van der Waals surface area contributed by atoms with E-state index in [1.165, 1.54) is 16.3 Å². The predicted molar refractivity (Wildman–Crippen MR) is 71.0 cm³/mol. The Kier molecular flexibility index (Phi) is 3.04. The maximum absolute atomic E-state index is 9.17. The van der Waals surface area contributed by atoms with Crippen LogP contribution in [-0.2, 0) is 4.84 Å². The summed E-state index contributed by atoms with van der Waals surface area (Å²) in [5, 5.41) is 13.5. The molecule has 0 saturated carbocycles. The molecular weight excluding hydrogens is 226 g/mol. The van der Waals surface area contributed by atoms with Gasteiger partial charge in [0, 0.05) is 7.05 Å². The van der Waals surface area contributed by atoms with Crippen LogP contribution in [0.5, 0.6) is 0 Å². The van der Waals surface area contributed by atoms with Gasteiger partial charge in [-0.15, -0.1) is 0 Å². The molecule has 1 saturated heterocycles. The van der Waals surface area contributed by atoms with Crippen LogP contribution in [0.2, 0.25) is 0 Å². The van der Waals surface area contributed by atoms with E-state index in [1.807, 2.05) is 12.1 Å². The summed E-state index contributed by atoms with van der Waals surface area (Å²) in [5.41, 5.74) is 1.24. The van der Waals surface area contributed by atoms with Crippen molar-refractivity contribution >= 4 is 10.8 Å². The minimum atomic E-state index is -0.0773. The number of hydrogen-bond acceptors (Lipinski definition) is 3. The van der Waals surface area contributed by atoms with E-state index < -0.39 is 0 Å². The first-order valence-corrected chi connectivity index (χ1v) is 6.27. The highest BCUT2D eigenvalue weighted by molar-refractivity contribution is 5.83. The molecule has 1 aliphatic rings. The van der Waals surface area contributed by atoms with Gasteiger partial charge in [-0.3, -0.25) is 4.84 Å². The van der Waals surface area contributed by atoms with Gasteiger partial charge in [0.05, 0.1) is 12.6 Å². The lowest BCUT2D eigenvalue weighted by molar-refractivity contribution is -0.153. The van der Waals surface area contributed by atoms with Crippen LogP contribution < -0.4 is 0 Å². The Hall–Kier alpha value is -1.42. The van der Waals surface area contributed by atoms with Crippen LogP contribution >= 0.6 is 0 Å². The molecule has 94 valence electrons. The van der Waals surface area contributed by atoms with Crippen LogP contribution in [0.4, 0.5) is 0 Å². The lowest BCUT2D eigenvalue weighted by Gasteiger charge is -2.18. The number of rotatable bonds is 2. The molecule has 2 aromatic rings. The topological polar surface area (TPSA) is 32.7 Å². The molecule has 0 spiro atoms. The van der Waals surface area contributed by atoms with E-state index in [9.17, 15) is 0 Å². The summed E-state index contributed by atoms with van der Waals surface area (Å²) < 4.78 is 0. The molecule has 18 heavy (non-hydrogen) atoms. The van der Waals surface area contributed by atoms with Crippen molar-refractivity contribution in [1.29, 1.82) is 0 Å². The van der Waals surface area contributed by atoms with E-state index in [4.69, 9.17) is 9.94 Å². The standard InChI is InChI=1S/C15H17NO2/c1-16-15(9-14(10-17)18-16)13-7-6-11-4-2-3-5-12(11)8-13/h2-8,14-15,17H,9-10H2,1H3/t14-,15+/m0/s1. The molecule has 2 aromatic carbocycles. The van der Waals surface area contributed by atoms with Crippen LogP contribution in [-0.4, -0.2) is 29.9 Å². The second-order valence-electron chi connectivity index (χ2n) is 4.81. The van der Waals surface area contributed by atoms with Crippen molar-refractivity contribution in [3.05, 3.63) is 48.0 Å². The maximum Gasteiger partial charge on any atom is 0.104 e. The molecule has 3 heteroatoms. The molecule has 0 bridgehead atoms. The molecule has 1 heterocycles. The largest absolute Gasteiger partial charge is 0.394 e. The molecule has 2 atom stereocenters. The Balaban J connectivity index is 1.94. The molecule has 3 rings (SSSR count). The molecule has 0 aliphatic carbocycles. The van der Waals surface area contributed by atoms with E-state index in [0.717, 1.165) is 6.42 Å². The average Bonchev–Trinajstić information content (AvgIpc) is 2.79. The van der Waals surface area contributed by atoms with E-state index in [-0.39, 0.29) is 18.8 Å². The number of fused-ring (bicyclic) bond motifs is 1. The molecule has 3 nitrogen and oxygen atoms in total. The van der Waals surface area contributed by atoms with Gasteiger partial charge in [0.15, 0.2) is 0 Å². The minimum Gasteiger partial charge on any atom is -0.394 e. The van der Waals surface area contributed by atoms with Gasteiger partial charge in [-0.2, -0.15) is 5.06 Å². The van der Waals surface area contributed by atoms with Crippen molar-refractivity contribution in [2.24, 2.45) is 0 Å². The summed E-state index contributed by atoms with van der Waals surface area (Å²) in [7, 11) is 1.93. The highest BCUT2D eigenvalue weighted by Crippen LogP contribution is 2.33. The summed E-state index contributed by atoms with van der Waals surface area (Å²) in [6, 6.07) is 15.1. The van der Waals surface area contributed by atoms with Gasteiger partial charge in [0.2, 0.25) is 0 Å². The number of hydrogen-bond donors (Lipinski definition) is 1. The second-order valence-corrected chi connectivity index (χ2v) is 4.81. The lowest BCUT2D eigenvalue weighted by atomic mass is 9.99. The first kappa shape index (κ1) is 11.7. The molecule has 0 radical (unpaired) electrons. The molecule has 0 amide bonds. The SMILES string of the molecule is CN1O[C@H](CO)C[C@@H]1c1ccc2ccccc2c1. The number of benzene rings is 2. The van der Waals surface area contributed by atoms with Crippen LogP contribution in [0.15, 0.2) is 42.5 Å². The van der Waals surface area contributed by atoms with Crippen molar-refractivity contribution in [2.45, 2.75) is 18.6 Å². The number of nitrogens with zero attached hydrogens (tertiary/aromatic N) is 1. The fourth-order valence-corrected chi connectivity index (χ4v) is 2.62. The average molecular weight is 243 g/mol. The quantitative estimate of drug-likeness (QED) is 0.879. The third kappa shape index (κ3) is 2.01. The Morgan fingerprint density at radius 1 is 1.22 bits per heavy atom. The Morgan fingerprint density at radius 2 is 2.00 bits per heavy atom. The van der Waals surface area contributed by atoms with Gasteiger partial charge in [-0.25, -0.2) is 0 Å². The lowest BCUT2D eigenvalue weighted by Crippen LogP contribution is -2.18. The first-order valence-electron chi connectivity index (χ1n) is 6.27. The highest BCUT2D eigenvalue weighted by Gasteiger charge is 2.31. The second kappa shape index (κ2) is 4.69. The van der Waals surface area contributed by atoms with Gasteiger partial charge in [0.25, 0.3) is 0 Å². The zero-order valence-corrected chi connectivity index (χ0v) is 10.4. The number of hydroxylamine groups is 2. The number of aliphatic hydroxyl groups excluding tert-OH is 1.